The average molecular weight is 491 g/mol. The number of rotatable bonds is 9. The molecule has 0 atom stereocenters. The lowest BCUT2D eigenvalue weighted by Crippen LogP contribution is -2.28. The van der Waals surface area contributed by atoms with Gasteiger partial charge in [0.15, 0.2) is 0 Å². The van der Waals surface area contributed by atoms with Crippen LogP contribution in [0.25, 0.3) is 10.8 Å². The molecule has 1 N–H and O–H groups in total. The second-order valence-corrected chi connectivity index (χ2v) is 11.4. The fourth-order valence-electron chi connectivity index (χ4n) is 3.71. The number of hydrogen-bond donors (Lipinski definition) is 1. The number of ether oxygens (including phenoxy) is 2. The number of benzene rings is 3. The van der Waals surface area contributed by atoms with Gasteiger partial charge in [-0.05, 0) is 72.1 Å². The van der Waals surface area contributed by atoms with Gasteiger partial charge in [-0.2, -0.15) is 4.31 Å². The van der Waals surface area contributed by atoms with Crippen LogP contribution in [0.15, 0.2) is 70.5 Å². The predicted molar refractivity (Wildman–Crippen MR) is 126 cm³/mol. The molecule has 176 valence electrons. The minimum Gasteiger partial charge on any atom is -0.497 e. The molecule has 0 bridgehead atoms. The van der Waals surface area contributed by atoms with Crippen molar-refractivity contribution in [1.29, 1.82) is 0 Å². The SMILES string of the molecule is COc1ccc2cc(S(=O)(=O)NCCOc3ccc(S(=O)(=O)N4CCCC4)cc3)ccc2c1. The Morgan fingerprint density at radius 1 is 0.818 bits per heavy atom. The number of methoxy groups -OCH3 is 1. The van der Waals surface area contributed by atoms with Crippen molar-refractivity contribution in [1.82, 2.24) is 9.03 Å². The molecule has 0 radical (unpaired) electrons. The maximum absolute atomic E-state index is 12.6. The first-order valence-electron chi connectivity index (χ1n) is 10.6. The normalized spacial score (nSPS) is 15.1. The first-order valence-corrected chi connectivity index (χ1v) is 13.5. The number of nitrogens with one attached hydrogen (secondary N) is 1. The van der Waals surface area contributed by atoms with Crippen LogP contribution in [0.5, 0.6) is 11.5 Å². The standard InChI is InChI=1S/C23H26N2O6S2/c1-30-21-6-4-19-17-23(9-5-18(19)16-21)32(26,27)24-12-15-31-20-7-10-22(11-8-20)33(28,29)25-13-2-3-14-25/h4-11,16-17,24H,2-3,12-15H2,1H3. The second-order valence-electron chi connectivity index (χ2n) is 7.70. The van der Waals surface area contributed by atoms with Crippen LogP contribution in [0.4, 0.5) is 0 Å². The molecule has 4 rings (SSSR count). The van der Waals surface area contributed by atoms with Gasteiger partial charge < -0.3 is 9.47 Å². The van der Waals surface area contributed by atoms with E-state index in [-0.39, 0.29) is 22.9 Å². The summed E-state index contributed by atoms with van der Waals surface area (Å²) in [6.07, 6.45) is 1.76. The van der Waals surface area contributed by atoms with Gasteiger partial charge in [-0.15, -0.1) is 0 Å². The van der Waals surface area contributed by atoms with Gasteiger partial charge in [0, 0.05) is 19.6 Å². The molecular weight excluding hydrogens is 464 g/mol. The smallest absolute Gasteiger partial charge is 0.243 e. The van der Waals surface area contributed by atoms with E-state index in [0.29, 0.717) is 24.6 Å². The van der Waals surface area contributed by atoms with Crippen molar-refractivity contribution >= 4 is 30.8 Å². The fourth-order valence-corrected chi connectivity index (χ4v) is 6.27. The van der Waals surface area contributed by atoms with E-state index in [1.54, 1.807) is 43.5 Å². The van der Waals surface area contributed by atoms with Gasteiger partial charge in [0.05, 0.1) is 16.9 Å². The molecule has 3 aromatic rings. The van der Waals surface area contributed by atoms with E-state index >= 15 is 0 Å². The Bertz CT molecular complexity index is 1330. The summed E-state index contributed by atoms with van der Waals surface area (Å²) in [6.45, 7) is 1.26. The largest absolute Gasteiger partial charge is 0.497 e. The Morgan fingerprint density at radius 2 is 1.42 bits per heavy atom. The van der Waals surface area contributed by atoms with E-state index in [2.05, 4.69) is 4.72 Å². The number of sulfonamides is 2. The van der Waals surface area contributed by atoms with Crippen molar-refractivity contribution < 1.29 is 26.3 Å². The molecule has 1 aliphatic heterocycles. The maximum Gasteiger partial charge on any atom is 0.243 e. The number of nitrogens with zero attached hydrogens (tertiary/aromatic N) is 1. The van der Waals surface area contributed by atoms with Gasteiger partial charge >= 0.3 is 0 Å². The first-order chi connectivity index (χ1) is 15.8. The molecule has 1 saturated heterocycles. The second kappa shape index (κ2) is 9.68. The highest BCUT2D eigenvalue weighted by atomic mass is 32.2. The molecule has 1 heterocycles. The summed E-state index contributed by atoms with van der Waals surface area (Å²) in [5.74, 6) is 1.17. The third-order valence-corrected chi connectivity index (χ3v) is 8.89. The molecule has 10 heteroatoms. The topological polar surface area (TPSA) is 102 Å². The zero-order valence-electron chi connectivity index (χ0n) is 18.2. The minimum atomic E-state index is -3.70. The highest BCUT2D eigenvalue weighted by Gasteiger charge is 2.27. The quantitative estimate of drug-likeness (QED) is 0.463. The molecule has 0 aliphatic carbocycles. The highest BCUT2D eigenvalue weighted by molar-refractivity contribution is 7.89. The summed E-state index contributed by atoms with van der Waals surface area (Å²) >= 11 is 0. The van der Waals surface area contributed by atoms with Gasteiger partial charge in [-0.1, -0.05) is 12.1 Å². The Morgan fingerprint density at radius 3 is 2.12 bits per heavy atom. The monoisotopic (exact) mass is 490 g/mol. The lowest BCUT2D eigenvalue weighted by molar-refractivity contribution is 0.322. The predicted octanol–water partition coefficient (Wildman–Crippen LogP) is 2.99. The first kappa shape index (κ1) is 23.5. The molecular formula is C23H26N2O6S2. The summed E-state index contributed by atoms with van der Waals surface area (Å²) < 4.78 is 65.2. The van der Waals surface area contributed by atoms with E-state index < -0.39 is 20.0 Å². The molecule has 0 aromatic heterocycles. The van der Waals surface area contributed by atoms with Crippen LogP contribution >= 0.6 is 0 Å². The third-order valence-electron chi connectivity index (χ3n) is 5.52. The Labute approximate surface area is 194 Å². The molecule has 1 aliphatic rings. The summed E-state index contributed by atoms with van der Waals surface area (Å²) in [5, 5.41) is 1.67. The third kappa shape index (κ3) is 5.30. The molecule has 0 unspecified atom stereocenters. The van der Waals surface area contributed by atoms with Crippen molar-refractivity contribution in [3.8, 4) is 11.5 Å². The van der Waals surface area contributed by atoms with Crippen LogP contribution < -0.4 is 14.2 Å². The van der Waals surface area contributed by atoms with Crippen molar-refractivity contribution in [2.24, 2.45) is 0 Å². The van der Waals surface area contributed by atoms with Gasteiger partial charge in [0.1, 0.15) is 18.1 Å². The lowest BCUT2D eigenvalue weighted by Gasteiger charge is -2.15. The average Bonchev–Trinajstić information content (AvgIpc) is 3.37. The number of hydrogen-bond acceptors (Lipinski definition) is 6. The number of fused-ring (bicyclic) bond motifs is 1. The fraction of sp³-hybridized carbons (Fsp3) is 0.304. The molecule has 0 spiro atoms. The maximum atomic E-state index is 12.6. The Hall–Kier alpha value is -2.66. The van der Waals surface area contributed by atoms with Crippen molar-refractivity contribution in [3.05, 3.63) is 60.7 Å². The zero-order valence-corrected chi connectivity index (χ0v) is 19.9. The Balaban J connectivity index is 1.33. The van der Waals surface area contributed by atoms with Gasteiger partial charge in [0.2, 0.25) is 20.0 Å². The van der Waals surface area contributed by atoms with Gasteiger partial charge in [-0.3, -0.25) is 0 Å². The van der Waals surface area contributed by atoms with Crippen LogP contribution in [0, 0.1) is 0 Å². The Kier molecular flexibility index (Phi) is 6.89. The van der Waals surface area contributed by atoms with Crippen molar-refractivity contribution in [3.63, 3.8) is 0 Å². The van der Waals surface area contributed by atoms with Crippen molar-refractivity contribution in [2.45, 2.75) is 22.6 Å². The molecule has 0 saturated carbocycles. The van der Waals surface area contributed by atoms with Crippen LogP contribution in [-0.4, -0.2) is 54.5 Å². The summed E-state index contributed by atoms with van der Waals surface area (Å²) in [5.41, 5.74) is 0. The van der Waals surface area contributed by atoms with Crippen LogP contribution in [0.3, 0.4) is 0 Å². The molecule has 0 amide bonds. The zero-order chi connectivity index (χ0) is 23.5. The van der Waals surface area contributed by atoms with Crippen LogP contribution in [0.2, 0.25) is 0 Å². The molecule has 3 aromatic carbocycles. The van der Waals surface area contributed by atoms with Crippen LogP contribution in [0.1, 0.15) is 12.8 Å². The summed E-state index contributed by atoms with van der Waals surface area (Å²) in [4.78, 5) is 0.392. The summed E-state index contributed by atoms with van der Waals surface area (Å²) in [7, 11) is -5.59. The minimum absolute atomic E-state index is 0.0663. The highest BCUT2D eigenvalue weighted by Crippen LogP contribution is 2.24. The van der Waals surface area contributed by atoms with Gasteiger partial charge in [-0.25, -0.2) is 21.6 Å². The van der Waals surface area contributed by atoms with E-state index in [1.807, 2.05) is 12.1 Å². The summed E-state index contributed by atoms with van der Waals surface area (Å²) in [6, 6.07) is 16.5. The van der Waals surface area contributed by atoms with E-state index in [0.717, 1.165) is 23.6 Å². The molecule has 8 nitrogen and oxygen atoms in total. The van der Waals surface area contributed by atoms with E-state index in [1.165, 1.54) is 16.4 Å². The molecule has 33 heavy (non-hydrogen) atoms. The lowest BCUT2D eigenvalue weighted by atomic mass is 10.1. The van der Waals surface area contributed by atoms with E-state index in [9.17, 15) is 16.8 Å². The van der Waals surface area contributed by atoms with Crippen molar-refractivity contribution in [2.75, 3.05) is 33.4 Å². The molecule has 1 fully saturated rings. The van der Waals surface area contributed by atoms with Crippen LogP contribution in [-0.2, 0) is 20.0 Å². The van der Waals surface area contributed by atoms with Gasteiger partial charge in [0.25, 0.3) is 0 Å². The van der Waals surface area contributed by atoms with E-state index in [4.69, 9.17) is 9.47 Å².